The summed E-state index contributed by atoms with van der Waals surface area (Å²) in [5.41, 5.74) is -1.82. The van der Waals surface area contributed by atoms with E-state index in [2.05, 4.69) is 4.72 Å². The van der Waals surface area contributed by atoms with Crippen LogP contribution in [-0.4, -0.2) is 79.0 Å². The van der Waals surface area contributed by atoms with E-state index in [-0.39, 0.29) is 6.61 Å². The van der Waals surface area contributed by atoms with Crippen molar-refractivity contribution in [2.24, 2.45) is 5.92 Å². The zero-order chi connectivity index (χ0) is 25.7. The second kappa shape index (κ2) is 11.5. The van der Waals surface area contributed by atoms with Gasteiger partial charge in [0.25, 0.3) is 0 Å². The highest BCUT2D eigenvalue weighted by Gasteiger charge is 2.54. The van der Waals surface area contributed by atoms with Crippen molar-refractivity contribution in [3.63, 3.8) is 0 Å². The lowest BCUT2D eigenvalue weighted by molar-refractivity contribution is -0.141. The molecule has 1 heterocycles. The van der Waals surface area contributed by atoms with Gasteiger partial charge in [0.15, 0.2) is 0 Å². The van der Waals surface area contributed by atoms with Gasteiger partial charge in [-0.2, -0.15) is 0 Å². The molecule has 10 nitrogen and oxygen atoms in total. The number of esters is 1. The molecule has 0 aromatic carbocycles. The molecule has 11 heteroatoms. The first-order valence-corrected chi connectivity index (χ1v) is 13.8. The van der Waals surface area contributed by atoms with Gasteiger partial charge in [0.1, 0.15) is 24.0 Å². The maximum absolute atomic E-state index is 13.2. The van der Waals surface area contributed by atoms with Crippen LogP contribution in [0.3, 0.4) is 0 Å². The smallest absolute Gasteiger partial charge is 0.412 e. The predicted molar refractivity (Wildman–Crippen MR) is 126 cm³/mol. The Hall–Kier alpha value is -1.43. The van der Waals surface area contributed by atoms with Crippen molar-refractivity contribution >= 4 is 22.1 Å². The molecule has 1 saturated heterocycles. The Balaban J connectivity index is 2.23. The van der Waals surface area contributed by atoms with Crippen LogP contribution in [0.5, 0.6) is 0 Å². The summed E-state index contributed by atoms with van der Waals surface area (Å²) in [6.45, 7) is 10.00. The monoisotopic (exact) mass is 506 g/mol. The van der Waals surface area contributed by atoms with E-state index in [0.717, 1.165) is 25.7 Å². The molecule has 198 valence electrons. The van der Waals surface area contributed by atoms with E-state index in [0.29, 0.717) is 12.3 Å². The number of nitrogens with zero attached hydrogens (tertiary/aromatic N) is 1. The zero-order valence-electron chi connectivity index (χ0n) is 21.3. The third-order valence-corrected chi connectivity index (χ3v) is 7.48. The van der Waals surface area contributed by atoms with E-state index in [1.807, 2.05) is 0 Å². The van der Waals surface area contributed by atoms with Crippen molar-refractivity contribution < 1.29 is 37.3 Å². The van der Waals surface area contributed by atoms with Crippen LogP contribution in [0.2, 0.25) is 0 Å². The van der Waals surface area contributed by atoms with Crippen molar-refractivity contribution in [3.8, 4) is 0 Å². The third-order valence-electron chi connectivity index (χ3n) is 6.12. The second-order valence-electron chi connectivity index (χ2n) is 10.7. The zero-order valence-corrected chi connectivity index (χ0v) is 22.2. The summed E-state index contributed by atoms with van der Waals surface area (Å²) in [7, 11) is -4.01. The van der Waals surface area contributed by atoms with Crippen molar-refractivity contribution in [2.75, 3.05) is 18.9 Å². The second-order valence-corrected chi connectivity index (χ2v) is 12.5. The van der Waals surface area contributed by atoms with E-state index in [1.165, 1.54) is 11.3 Å². The molecule has 2 aliphatic rings. The van der Waals surface area contributed by atoms with E-state index in [9.17, 15) is 23.1 Å². The Morgan fingerprint density at radius 1 is 1.21 bits per heavy atom. The average Bonchev–Trinajstić information content (AvgIpc) is 2.96. The van der Waals surface area contributed by atoms with Gasteiger partial charge in [-0.05, 0) is 53.9 Å². The molecule has 2 fully saturated rings. The first-order valence-electron chi connectivity index (χ1n) is 12.2. The quantitative estimate of drug-likeness (QED) is 0.456. The van der Waals surface area contributed by atoms with E-state index in [1.54, 1.807) is 41.5 Å². The van der Waals surface area contributed by atoms with Crippen molar-refractivity contribution in [2.45, 2.75) is 110 Å². The molecular formula is C23H42N2O8S. The van der Waals surface area contributed by atoms with Crippen LogP contribution in [0, 0.1) is 5.92 Å². The molecule has 1 unspecified atom stereocenters. The van der Waals surface area contributed by atoms with Crippen LogP contribution >= 0.6 is 0 Å². The van der Waals surface area contributed by atoms with Crippen molar-refractivity contribution in [1.29, 1.82) is 0 Å². The number of aliphatic hydroxyl groups excluding tert-OH is 1. The molecule has 34 heavy (non-hydrogen) atoms. The number of hydrogen-bond acceptors (Lipinski definition) is 8. The number of hydrogen-bond donors (Lipinski definition) is 2. The first kappa shape index (κ1) is 28.8. The van der Waals surface area contributed by atoms with Gasteiger partial charge >= 0.3 is 12.1 Å². The molecular weight excluding hydrogens is 464 g/mol. The maximum atomic E-state index is 13.2. The lowest BCUT2D eigenvalue weighted by atomic mass is 9.83. The number of nitrogens with one attached hydrogen (secondary N) is 1. The Kier molecular flexibility index (Phi) is 9.77. The van der Waals surface area contributed by atoms with Crippen LogP contribution in [-0.2, 0) is 29.0 Å². The summed E-state index contributed by atoms with van der Waals surface area (Å²) in [5.74, 6) is -1.03. The lowest BCUT2D eigenvalue weighted by Crippen LogP contribution is -2.52. The normalized spacial score (nSPS) is 24.6. The minimum absolute atomic E-state index is 0.136. The summed E-state index contributed by atoms with van der Waals surface area (Å²) < 4.78 is 43.7. The Morgan fingerprint density at radius 2 is 1.82 bits per heavy atom. The third kappa shape index (κ3) is 8.35. The first-order chi connectivity index (χ1) is 15.6. The summed E-state index contributed by atoms with van der Waals surface area (Å²) in [6.07, 6.45) is 3.10. The van der Waals surface area contributed by atoms with E-state index in [4.69, 9.17) is 14.2 Å². The molecule has 2 rings (SSSR count). The molecule has 3 atom stereocenters. The maximum Gasteiger partial charge on any atom is 0.412 e. The van der Waals surface area contributed by atoms with Crippen LogP contribution in [0.1, 0.15) is 80.1 Å². The summed E-state index contributed by atoms with van der Waals surface area (Å²) in [5, 5.41) is 11.0. The number of ether oxygens (including phenoxy) is 3. The van der Waals surface area contributed by atoms with Gasteiger partial charge in [-0.3, -0.25) is 9.69 Å². The van der Waals surface area contributed by atoms with Gasteiger partial charge in [0.2, 0.25) is 10.0 Å². The highest BCUT2D eigenvalue weighted by atomic mass is 32.2. The molecule has 0 radical (unpaired) electrons. The van der Waals surface area contributed by atoms with Crippen molar-refractivity contribution in [1.82, 2.24) is 9.62 Å². The fourth-order valence-corrected chi connectivity index (χ4v) is 5.87. The van der Waals surface area contributed by atoms with Gasteiger partial charge in [-0.25, -0.2) is 17.9 Å². The van der Waals surface area contributed by atoms with Crippen molar-refractivity contribution in [3.05, 3.63) is 0 Å². The minimum Gasteiger partial charge on any atom is -0.465 e. The fourth-order valence-electron chi connectivity index (χ4n) is 4.78. The molecule has 1 amide bonds. The number of aliphatic hydroxyl groups is 1. The molecule has 0 aromatic heterocycles. The van der Waals surface area contributed by atoms with Gasteiger partial charge in [-0.1, -0.05) is 32.1 Å². The predicted octanol–water partition coefficient (Wildman–Crippen LogP) is 2.54. The SMILES string of the molecule is CCOC(=O)CNS(=O)(=O)CC(O)[C@@H]1OC(C)(C)N(C(=O)OC(C)(C)C)[C@@H]1CC1CCCCC1. The highest BCUT2D eigenvalue weighted by Crippen LogP contribution is 2.40. The van der Waals surface area contributed by atoms with E-state index >= 15 is 0 Å². The van der Waals surface area contributed by atoms with Crippen LogP contribution in [0.15, 0.2) is 0 Å². The Morgan fingerprint density at radius 3 is 2.38 bits per heavy atom. The molecule has 1 aliphatic carbocycles. The van der Waals surface area contributed by atoms with Crippen LogP contribution in [0.25, 0.3) is 0 Å². The van der Waals surface area contributed by atoms with Gasteiger partial charge < -0.3 is 19.3 Å². The Bertz CT molecular complexity index is 802. The molecule has 0 bridgehead atoms. The van der Waals surface area contributed by atoms with Crippen LogP contribution in [0.4, 0.5) is 4.79 Å². The molecule has 0 spiro atoms. The number of sulfonamides is 1. The summed E-state index contributed by atoms with van der Waals surface area (Å²) >= 11 is 0. The molecule has 1 aliphatic heterocycles. The summed E-state index contributed by atoms with van der Waals surface area (Å²) in [4.78, 5) is 26.2. The lowest BCUT2D eigenvalue weighted by Gasteiger charge is -2.37. The number of carbonyl (C=O) groups excluding carboxylic acids is 2. The van der Waals surface area contributed by atoms with Gasteiger partial charge in [0, 0.05) is 0 Å². The number of amides is 1. The molecule has 1 saturated carbocycles. The summed E-state index contributed by atoms with van der Waals surface area (Å²) in [6, 6.07) is -0.553. The molecule has 2 N–H and O–H groups in total. The van der Waals surface area contributed by atoms with Gasteiger partial charge in [-0.15, -0.1) is 0 Å². The largest absolute Gasteiger partial charge is 0.465 e. The Labute approximate surface area is 203 Å². The highest BCUT2D eigenvalue weighted by molar-refractivity contribution is 7.89. The fraction of sp³-hybridized carbons (Fsp3) is 0.913. The number of carbonyl (C=O) groups is 2. The topological polar surface area (TPSA) is 131 Å². The minimum atomic E-state index is -4.01. The number of rotatable bonds is 9. The van der Waals surface area contributed by atoms with E-state index < -0.39 is 64.0 Å². The average molecular weight is 507 g/mol. The van der Waals surface area contributed by atoms with Crippen LogP contribution < -0.4 is 4.72 Å². The van der Waals surface area contributed by atoms with Gasteiger partial charge in [0.05, 0.1) is 24.5 Å². The molecule has 0 aromatic rings. The standard InChI is InChI=1S/C23H42N2O8S/c1-7-31-19(27)14-24-34(29,30)15-18(26)20-17(13-16-11-9-8-10-12-16)25(23(5,6)32-20)21(28)33-22(2,3)4/h16-18,20,24,26H,7-15H2,1-6H3/t17-,18?,20-/m1/s1.